The maximum Gasteiger partial charge on any atom is 0.247 e. The van der Waals surface area contributed by atoms with E-state index in [4.69, 9.17) is 31.2 Å². The number of halogens is 1. The van der Waals surface area contributed by atoms with E-state index in [0.29, 0.717) is 39.8 Å². The second kappa shape index (κ2) is 12.4. The van der Waals surface area contributed by atoms with Crippen LogP contribution < -0.4 is 25.3 Å². The third-order valence-electron chi connectivity index (χ3n) is 7.49. The Balaban J connectivity index is 1.47. The molecule has 2 aliphatic carbocycles. The normalized spacial score (nSPS) is 19.2. The molecule has 1 amide bonds. The number of anilines is 5. The third kappa shape index (κ3) is 6.22. The number of benzene rings is 1. The summed E-state index contributed by atoms with van der Waals surface area (Å²) in [7, 11) is 9.26. The van der Waals surface area contributed by atoms with Gasteiger partial charge in [-0.3, -0.25) is 4.79 Å². The molecule has 2 atom stereocenters. The topological polar surface area (TPSA) is 107 Å². The Bertz CT molecular complexity index is 1450. The number of nitrogens with one attached hydrogen (secondary N) is 2. The van der Waals surface area contributed by atoms with E-state index in [1.54, 1.807) is 26.5 Å². The SMILES string of the molecule is C=CC(=O)Nc1cc(Nc2ncc(Cl)c(N3N=C(C4CC4)C4C=C(OC)C=CC43)n2)c(OC)cc1N(C)CCN(C)C. The molecular weight excluding hydrogens is 556 g/mol. The minimum Gasteiger partial charge on any atom is -0.497 e. The van der Waals surface area contributed by atoms with E-state index in [9.17, 15) is 4.79 Å². The Morgan fingerprint density at radius 2 is 1.98 bits per heavy atom. The van der Waals surface area contributed by atoms with Crippen LogP contribution in [-0.4, -0.2) is 81.0 Å². The quantitative estimate of drug-likeness (QED) is 0.340. The van der Waals surface area contributed by atoms with Crippen molar-refractivity contribution in [3.63, 3.8) is 0 Å². The smallest absolute Gasteiger partial charge is 0.247 e. The summed E-state index contributed by atoms with van der Waals surface area (Å²) < 4.78 is 11.2. The summed E-state index contributed by atoms with van der Waals surface area (Å²) in [6.07, 6.45) is 11.2. The van der Waals surface area contributed by atoms with Gasteiger partial charge < -0.3 is 29.9 Å². The van der Waals surface area contributed by atoms with Gasteiger partial charge in [0.15, 0.2) is 5.82 Å². The Kier molecular flexibility index (Phi) is 8.69. The molecule has 42 heavy (non-hydrogen) atoms. The number of nitrogens with zero attached hydrogens (tertiary/aromatic N) is 6. The number of hydrazone groups is 1. The minimum atomic E-state index is -0.322. The molecule has 1 aliphatic heterocycles. The fraction of sp³-hybridized carbons (Fsp3) is 0.400. The summed E-state index contributed by atoms with van der Waals surface area (Å²) in [5.41, 5.74) is 3.08. The molecule has 0 saturated heterocycles. The fourth-order valence-corrected chi connectivity index (χ4v) is 5.24. The van der Waals surface area contributed by atoms with Crippen molar-refractivity contribution in [3.05, 3.63) is 60.0 Å². The average Bonchev–Trinajstić information content (AvgIpc) is 3.77. The zero-order valence-corrected chi connectivity index (χ0v) is 25.4. The first-order valence-electron chi connectivity index (χ1n) is 13.8. The average molecular weight is 593 g/mol. The van der Waals surface area contributed by atoms with E-state index in [1.807, 2.05) is 38.3 Å². The molecule has 1 aromatic heterocycles. The van der Waals surface area contributed by atoms with Gasteiger partial charge in [0.2, 0.25) is 11.9 Å². The van der Waals surface area contributed by atoms with Gasteiger partial charge in [-0.05, 0) is 57.1 Å². The number of rotatable bonds is 12. The number of amides is 1. The number of aromatic nitrogens is 2. The van der Waals surface area contributed by atoms with E-state index in [2.05, 4.69) is 44.1 Å². The van der Waals surface area contributed by atoms with Crippen molar-refractivity contribution in [1.29, 1.82) is 0 Å². The van der Waals surface area contributed by atoms with Gasteiger partial charge in [-0.15, -0.1) is 0 Å². The monoisotopic (exact) mass is 592 g/mol. The van der Waals surface area contributed by atoms with Gasteiger partial charge in [0.05, 0.1) is 49.2 Å². The van der Waals surface area contributed by atoms with Gasteiger partial charge in [-0.2, -0.15) is 10.1 Å². The molecule has 1 saturated carbocycles. The molecule has 11 nitrogen and oxygen atoms in total. The first-order chi connectivity index (χ1) is 20.2. The summed E-state index contributed by atoms with van der Waals surface area (Å²) in [4.78, 5) is 25.7. The van der Waals surface area contributed by atoms with Crippen LogP contribution in [0.5, 0.6) is 5.75 Å². The summed E-state index contributed by atoms with van der Waals surface area (Å²) in [5, 5.41) is 13.4. The number of carbonyl (C=O) groups excluding carboxylic acids is 1. The lowest BCUT2D eigenvalue weighted by Gasteiger charge is -2.27. The number of fused-ring (bicyclic) bond motifs is 1. The van der Waals surface area contributed by atoms with Gasteiger partial charge >= 0.3 is 0 Å². The lowest BCUT2D eigenvalue weighted by molar-refractivity contribution is -0.111. The van der Waals surface area contributed by atoms with Crippen molar-refractivity contribution in [2.75, 3.05) is 69.0 Å². The molecule has 12 heteroatoms. The van der Waals surface area contributed by atoms with E-state index < -0.39 is 0 Å². The summed E-state index contributed by atoms with van der Waals surface area (Å²) in [6, 6.07) is 3.61. The zero-order valence-electron chi connectivity index (χ0n) is 24.6. The number of likely N-dealkylation sites (N-methyl/N-ethyl adjacent to an activating group) is 2. The summed E-state index contributed by atoms with van der Waals surface area (Å²) in [6.45, 7) is 5.16. The summed E-state index contributed by atoms with van der Waals surface area (Å²) in [5.74, 6) is 2.42. The van der Waals surface area contributed by atoms with Crippen molar-refractivity contribution in [1.82, 2.24) is 14.9 Å². The minimum absolute atomic E-state index is 0.0630. The van der Waals surface area contributed by atoms with Crippen LogP contribution in [0.15, 0.2) is 60.1 Å². The van der Waals surface area contributed by atoms with Crippen LogP contribution in [0.1, 0.15) is 12.8 Å². The lowest BCUT2D eigenvalue weighted by atomic mass is 9.89. The van der Waals surface area contributed by atoms with E-state index in [1.165, 1.54) is 6.08 Å². The molecule has 222 valence electrons. The largest absolute Gasteiger partial charge is 0.497 e. The number of ether oxygens (including phenoxy) is 2. The molecule has 2 unspecified atom stereocenters. The molecule has 2 aromatic rings. The molecule has 3 aliphatic rings. The molecule has 5 rings (SSSR count). The molecule has 1 fully saturated rings. The predicted molar refractivity (Wildman–Crippen MR) is 168 cm³/mol. The van der Waals surface area contributed by atoms with Crippen molar-refractivity contribution >= 4 is 52.0 Å². The second-order valence-electron chi connectivity index (χ2n) is 10.8. The maximum atomic E-state index is 12.3. The number of hydrogen-bond donors (Lipinski definition) is 2. The Morgan fingerprint density at radius 1 is 1.19 bits per heavy atom. The van der Waals surface area contributed by atoms with Crippen molar-refractivity contribution in [2.45, 2.75) is 18.9 Å². The fourth-order valence-electron chi connectivity index (χ4n) is 5.06. The zero-order chi connectivity index (χ0) is 30.0. The molecular formula is C30H37ClN8O3. The van der Waals surface area contributed by atoms with Crippen LogP contribution in [0.3, 0.4) is 0 Å². The van der Waals surface area contributed by atoms with Gasteiger partial charge in [0.25, 0.3) is 0 Å². The molecule has 2 N–H and O–H groups in total. The predicted octanol–water partition coefficient (Wildman–Crippen LogP) is 4.68. The number of methoxy groups -OCH3 is 2. The van der Waals surface area contributed by atoms with E-state index in [-0.39, 0.29) is 17.9 Å². The Morgan fingerprint density at radius 3 is 2.64 bits per heavy atom. The molecule has 2 heterocycles. The van der Waals surface area contributed by atoms with Gasteiger partial charge in [-0.25, -0.2) is 9.99 Å². The van der Waals surface area contributed by atoms with Crippen LogP contribution in [0, 0.1) is 11.8 Å². The highest BCUT2D eigenvalue weighted by Gasteiger charge is 2.44. The van der Waals surface area contributed by atoms with Crippen LogP contribution in [0.25, 0.3) is 0 Å². The second-order valence-corrected chi connectivity index (χ2v) is 11.2. The Hall–Kier alpha value is -4.09. The molecule has 1 aromatic carbocycles. The highest BCUT2D eigenvalue weighted by Crippen LogP contribution is 2.44. The van der Waals surface area contributed by atoms with Crippen LogP contribution in [0.2, 0.25) is 5.02 Å². The van der Waals surface area contributed by atoms with Gasteiger partial charge in [0.1, 0.15) is 16.5 Å². The highest BCUT2D eigenvalue weighted by atomic mass is 35.5. The van der Waals surface area contributed by atoms with E-state index in [0.717, 1.165) is 43.1 Å². The number of carbonyl (C=O) groups is 1. The van der Waals surface area contributed by atoms with Crippen LogP contribution in [0.4, 0.5) is 28.8 Å². The third-order valence-corrected chi connectivity index (χ3v) is 7.76. The van der Waals surface area contributed by atoms with Gasteiger partial charge in [-0.1, -0.05) is 24.3 Å². The van der Waals surface area contributed by atoms with Crippen molar-refractivity contribution in [3.8, 4) is 5.75 Å². The molecule has 0 spiro atoms. The van der Waals surface area contributed by atoms with Gasteiger partial charge in [0, 0.05) is 32.1 Å². The number of allylic oxidation sites excluding steroid dienone is 1. The number of hydrogen-bond acceptors (Lipinski definition) is 10. The lowest BCUT2D eigenvalue weighted by Crippen LogP contribution is -2.33. The first kappa shape index (κ1) is 29.4. The molecule has 0 bridgehead atoms. The van der Waals surface area contributed by atoms with Crippen molar-refractivity contribution in [2.24, 2.45) is 16.9 Å². The standard InChI is InChI=1S/C30H37ClN8O3/c1-7-27(40)33-22-15-23(26(42-6)16-25(22)38(4)13-12-37(2)3)34-30-32-17-21(31)29(35-30)39-24-11-10-19(41-5)14-20(24)28(36-39)18-8-9-18/h7,10-11,14-18,20,24H,1,8-9,12-13H2,2-6H3,(H,33,40)(H,32,34,35). The first-order valence-corrected chi connectivity index (χ1v) is 14.2. The Labute approximate surface area is 251 Å². The highest BCUT2D eigenvalue weighted by molar-refractivity contribution is 6.33. The van der Waals surface area contributed by atoms with Crippen molar-refractivity contribution < 1.29 is 14.3 Å². The van der Waals surface area contributed by atoms with E-state index >= 15 is 0 Å². The molecule has 0 radical (unpaired) electrons. The summed E-state index contributed by atoms with van der Waals surface area (Å²) >= 11 is 6.66. The maximum absolute atomic E-state index is 12.3. The van der Waals surface area contributed by atoms with Crippen LogP contribution >= 0.6 is 11.6 Å². The van der Waals surface area contributed by atoms with Crippen LogP contribution in [-0.2, 0) is 9.53 Å².